The standard InChI is InChI=1S/C16H24FNS/c1-2-10-18-11-14-15(17)8-5-9-16(14)19-12-13-6-3-4-7-13/h5,8-9,13,18H,2-4,6-7,10-12H2,1H3. The zero-order valence-electron chi connectivity index (χ0n) is 11.8. The number of halogens is 1. The van der Waals surface area contributed by atoms with Crippen molar-refractivity contribution < 1.29 is 4.39 Å². The number of benzene rings is 1. The summed E-state index contributed by atoms with van der Waals surface area (Å²) in [5, 5.41) is 3.31. The Balaban J connectivity index is 1.95. The third-order valence-electron chi connectivity index (χ3n) is 3.75. The summed E-state index contributed by atoms with van der Waals surface area (Å²) < 4.78 is 13.9. The first-order valence-electron chi connectivity index (χ1n) is 7.42. The molecule has 1 fully saturated rings. The summed E-state index contributed by atoms with van der Waals surface area (Å²) in [6.07, 6.45) is 6.54. The van der Waals surface area contributed by atoms with Gasteiger partial charge in [0.25, 0.3) is 0 Å². The van der Waals surface area contributed by atoms with Gasteiger partial charge in [-0.05, 0) is 43.9 Å². The zero-order valence-corrected chi connectivity index (χ0v) is 12.6. The van der Waals surface area contributed by atoms with Gasteiger partial charge >= 0.3 is 0 Å². The SMILES string of the molecule is CCCNCc1c(F)cccc1SCC1CCCC1. The fourth-order valence-electron chi connectivity index (χ4n) is 2.62. The van der Waals surface area contributed by atoms with E-state index in [1.165, 1.54) is 25.7 Å². The van der Waals surface area contributed by atoms with Gasteiger partial charge in [0.05, 0.1) is 0 Å². The molecule has 3 heteroatoms. The summed E-state index contributed by atoms with van der Waals surface area (Å²) >= 11 is 1.84. The molecule has 1 aliphatic carbocycles. The van der Waals surface area contributed by atoms with Gasteiger partial charge in [-0.1, -0.05) is 25.8 Å². The lowest BCUT2D eigenvalue weighted by atomic mass is 10.1. The molecular formula is C16H24FNS. The molecule has 0 atom stereocenters. The third kappa shape index (κ3) is 4.50. The predicted octanol–water partition coefficient (Wildman–Crippen LogP) is 4.61. The molecule has 0 saturated heterocycles. The van der Waals surface area contributed by atoms with Crippen molar-refractivity contribution >= 4 is 11.8 Å². The average molecular weight is 281 g/mol. The molecule has 0 aromatic heterocycles. The maximum atomic E-state index is 13.9. The first-order valence-corrected chi connectivity index (χ1v) is 8.40. The molecule has 1 saturated carbocycles. The Morgan fingerprint density at radius 3 is 2.84 bits per heavy atom. The van der Waals surface area contributed by atoms with Crippen molar-refractivity contribution in [3.63, 3.8) is 0 Å². The molecule has 1 N–H and O–H groups in total. The first-order chi connectivity index (χ1) is 9.31. The van der Waals surface area contributed by atoms with E-state index in [4.69, 9.17) is 0 Å². The highest BCUT2D eigenvalue weighted by atomic mass is 32.2. The topological polar surface area (TPSA) is 12.0 Å². The molecule has 1 aromatic rings. The molecule has 0 radical (unpaired) electrons. The van der Waals surface area contributed by atoms with Gasteiger partial charge in [-0.15, -0.1) is 11.8 Å². The molecule has 0 bridgehead atoms. The number of rotatable bonds is 7. The van der Waals surface area contributed by atoms with Gasteiger partial charge in [-0.3, -0.25) is 0 Å². The zero-order chi connectivity index (χ0) is 13.5. The second-order valence-corrected chi connectivity index (χ2v) is 6.42. The minimum Gasteiger partial charge on any atom is -0.313 e. The minimum atomic E-state index is -0.0694. The summed E-state index contributed by atoms with van der Waals surface area (Å²) in [5.41, 5.74) is 0.846. The number of hydrogen-bond acceptors (Lipinski definition) is 2. The monoisotopic (exact) mass is 281 g/mol. The van der Waals surface area contributed by atoms with Crippen molar-refractivity contribution in [2.24, 2.45) is 5.92 Å². The van der Waals surface area contributed by atoms with Crippen LogP contribution in [0.2, 0.25) is 0 Å². The molecule has 0 heterocycles. The van der Waals surface area contributed by atoms with Gasteiger partial charge in [0.1, 0.15) is 5.82 Å². The Labute approximate surface area is 120 Å². The normalized spacial score (nSPS) is 16.1. The molecule has 0 unspecified atom stereocenters. The smallest absolute Gasteiger partial charge is 0.128 e. The molecule has 0 spiro atoms. The van der Waals surface area contributed by atoms with Gasteiger partial charge in [0.15, 0.2) is 0 Å². The molecule has 1 aliphatic rings. The Hall–Kier alpha value is -0.540. The lowest BCUT2D eigenvalue weighted by Gasteiger charge is -2.13. The predicted molar refractivity (Wildman–Crippen MR) is 81.1 cm³/mol. The van der Waals surface area contributed by atoms with Gasteiger partial charge in [-0.2, -0.15) is 0 Å². The Morgan fingerprint density at radius 2 is 2.11 bits per heavy atom. The van der Waals surface area contributed by atoms with E-state index in [-0.39, 0.29) is 5.82 Å². The van der Waals surface area contributed by atoms with Crippen molar-refractivity contribution in [3.05, 3.63) is 29.6 Å². The first kappa shape index (κ1) is 14.9. The van der Waals surface area contributed by atoms with E-state index in [0.717, 1.165) is 35.1 Å². The van der Waals surface area contributed by atoms with E-state index in [0.29, 0.717) is 6.54 Å². The summed E-state index contributed by atoms with van der Waals surface area (Å²) in [6, 6.07) is 5.46. The van der Waals surface area contributed by atoms with Crippen molar-refractivity contribution in [2.75, 3.05) is 12.3 Å². The molecule has 0 amide bonds. The van der Waals surface area contributed by atoms with Gasteiger partial charge < -0.3 is 5.32 Å². The Morgan fingerprint density at radius 1 is 1.32 bits per heavy atom. The van der Waals surface area contributed by atoms with E-state index in [2.05, 4.69) is 18.3 Å². The fourth-order valence-corrected chi connectivity index (χ4v) is 3.89. The van der Waals surface area contributed by atoms with Crippen molar-refractivity contribution in [3.8, 4) is 0 Å². The maximum absolute atomic E-state index is 13.9. The lowest BCUT2D eigenvalue weighted by Crippen LogP contribution is -2.15. The molecule has 2 rings (SSSR count). The van der Waals surface area contributed by atoms with Gasteiger partial charge in [0, 0.05) is 22.8 Å². The second kappa shape index (κ2) is 7.91. The van der Waals surface area contributed by atoms with Gasteiger partial charge in [0.2, 0.25) is 0 Å². The van der Waals surface area contributed by atoms with Crippen LogP contribution in [0.5, 0.6) is 0 Å². The Bertz CT molecular complexity index is 388. The van der Waals surface area contributed by atoms with Crippen LogP contribution in [-0.4, -0.2) is 12.3 Å². The van der Waals surface area contributed by atoms with Crippen LogP contribution in [-0.2, 0) is 6.54 Å². The summed E-state index contributed by atoms with van der Waals surface area (Å²) in [5.74, 6) is 1.91. The highest BCUT2D eigenvalue weighted by Gasteiger charge is 2.16. The van der Waals surface area contributed by atoms with Crippen molar-refractivity contribution in [1.29, 1.82) is 0 Å². The average Bonchev–Trinajstić information content (AvgIpc) is 2.92. The van der Waals surface area contributed by atoms with Crippen LogP contribution in [0.4, 0.5) is 4.39 Å². The second-order valence-electron chi connectivity index (χ2n) is 5.35. The largest absolute Gasteiger partial charge is 0.313 e. The molecule has 1 nitrogen and oxygen atoms in total. The summed E-state index contributed by atoms with van der Waals surface area (Å²) in [7, 11) is 0. The summed E-state index contributed by atoms with van der Waals surface area (Å²) in [6.45, 7) is 3.72. The lowest BCUT2D eigenvalue weighted by molar-refractivity contribution is 0.578. The van der Waals surface area contributed by atoms with Crippen LogP contribution in [0.15, 0.2) is 23.1 Å². The van der Waals surface area contributed by atoms with E-state index in [1.807, 2.05) is 17.8 Å². The molecule has 19 heavy (non-hydrogen) atoms. The number of nitrogens with one attached hydrogen (secondary N) is 1. The third-order valence-corrected chi connectivity index (χ3v) is 5.09. The quantitative estimate of drug-likeness (QED) is 0.578. The highest BCUT2D eigenvalue weighted by molar-refractivity contribution is 7.99. The van der Waals surface area contributed by atoms with E-state index >= 15 is 0 Å². The molecule has 1 aromatic carbocycles. The van der Waals surface area contributed by atoms with Crippen LogP contribution in [0.1, 0.15) is 44.6 Å². The van der Waals surface area contributed by atoms with Crippen LogP contribution >= 0.6 is 11.8 Å². The molecule has 106 valence electrons. The van der Waals surface area contributed by atoms with E-state index in [9.17, 15) is 4.39 Å². The Kier molecular flexibility index (Phi) is 6.18. The van der Waals surface area contributed by atoms with Gasteiger partial charge in [-0.25, -0.2) is 4.39 Å². The van der Waals surface area contributed by atoms with Crippen LogP contribution in [0.3, 0.4) is 0 Å². The number of thioether (sulfide) groups is 1. The van der Waals surface area contributed by atoms with Crippen LogP contribution in [0.25, 0.3) is 0 Å². The maximum Gasteiger partial charge on any atom is 0.128 e. The summed E-state index contributed by atoms with van der Waals surface area (Å²) in [4.78, 5) is 1.12. The van der Waals surface area contributed by atoms with Crippen molar-refractivity contribution in [2.45, 2.75) is 50.5 Å². The molecular weight excluding hydrogens is 257 g/mol. The minimum absolute atomic E-state index is 0.0694. The van der Waals surface area contributed by atoms with Crippen LogP contribution in [0, 0.1) is 11.7 Å². The van der Waals surface area contributed by atoms with Crippen molar-refractivity contribution in [1.82, 2.24) is 5.32 Å². The highest BCUT2D eigenvalue weighted by Crippen LogP contribution is 2.32. The van der Waals surface area contributed by atoms with E-state index in [1.54, 1.807) is 6.07 Å². The van der Waals surface area contributed by atoms with Crippen LogP contribution < -0.4 is 5.32 Å². The fraction of sp³-hybridized carbons (Fsp3) is 0.625. The molecule has 0 aliphatic heterocycles. The van der Waals surface area contributed by atoms with E-state index < -0.39 is 0 Å². The number of hydrogen-bond donors (Lipinski definition) is 1.